The molecule has 1 rings (SSSR count). The molecular weight excluding hydrogens is 256 g/mol. The van der Waals surface area contributed by atoms with Gasteiger partial charge in [-0.05, 0) is 19.3 Å². The molecule has 0 spiro atoms. The minimum absolute atomic E-state index is 0.0811. The maximum absolute atomic E-state index is 11.7. The van der Waals surface area contributed by atoms with E-state index in [1.54, 1.807) is 0 Å². The molecule has 0 aromatic carbocycles. The molecule has 3 N–H and O–H groups in total. The van der Waals surface area contributed by atoms with Crippen LogP contribution < -0.4 is 10.5 Å². The second-order valence-corrected chi connectivity index (χ2v) is 6.68. The van der Waals surface area contributed by atoms with E-state index < -0.39 is 21.3 Å². The predicted molar refractivity (Wildman–Crippen MR) is 68.4 cm³/mol. The summed E-state index contributed by atoms with van der Waals surface area (Å²) in [5, 5.41) is 0. The summed E-state index contributed by atoms with van der Waals surface area (Å²) in [5.74, 6) is -0.363. The molecule has 7 heteroatoms. The number of rotatable bonds is 7. The van der Waals surface area contributed by atoms with Crippen molar-refractivity contribution in [2.75, 3.05) is 25.5 Å². The Kier molecular flexibility index (Phi) is 5.55. The summed E-state index contributed by atoms with van der Waals surface area (Å²) in [6, 6.07) is 0. The van der Waals surface area contributed by atoms with E-state index in [-0.39, 0.29) is 12.3 Å². The average molecular weight is 278 g/mol. The minimum Gasteiger partial charge on any atom is -0.381 e. The SMILES string of the molecule is CCCCS(=O)(=O)NCC1(C(N)=O)CCOCC1. The van der Waals surface area contributed by atoms with Gasteiger partial charge < -0.3 is 10.5 Å². The third-order valence-corrected chi connectivity index (χ3v) is 4.78. The molecule has 0 unspecified atom stereocenters. The van der Waals surface area contributed by atoms with Crippen LogP contribution in [-0.4, -0.2) is 39.8 Å². The van der Waals surface area contributed by atoms with Crippen LogP contribution in [0.3, 0.4) is 0 Å². The number of hydrogen-bond donors (Lipinski definition) is 2. The second-order valence-electron chi connectivity index (χ2n) is 4.75. The van der Waals surface area contributed by atoms with Crippen molar-refractivity contribution < 1.29 is 17.9 Å². The van der Waals surface area contributed by atoms with Crippen LogP contribution in [0.25, 0.3) is 0 Å². The average Bonchev–Trinajstić information content (AvgIpc) is 2.35. The topological polar surface area (TPSA) is 98.5 Å². The van der Waals surface area contributed by atoms with Crippen LogP contribution in [0.1, 0.15) is 32.6 Å². The summed E-state index contributed by atoms with van der Waals surface area (Å²) in [5.41, 5.74) is 4.61. The van der Waals surface area contributed by atoms with E-state index in [1.165, 1.54) is 0 Å². The number of carbonyl (C=O) groups excluding carboxylic acids is 1. The lowest BCUT2D eigenvalue weighted by Crippen LogP contribution is -2.49. The van der Waals surface area contributed by atoms with E-state index in [0.717, 1.165) is 6.42 Å². The Labute approximate surface area is 108 Å². The molecule has 0 aromatic heterocycles. The largest absolute Gasteiger partial charge is 0.381 e. The standard InChI is InChI=1S/C11H22N2O4S/c1-2-3-8-18(15,16)13-9-11(10(12)14)4-6-17-7-5-11/h13H,2-9H2,1H3,(H2,12,14). The van der Waals surface area contributed by atoms with E-state index in [0.29, 0.717) is 32.5 Å². The number of ether oxygens (including phenoxy) is 1. The highest BCUT2D eigenvalue weighted by atomic mass is 32.2. The van der Waals surface area contributed by atoms with Gasteiger partial charge in [0.1, 0.15) is 0 Å². The third kappa shape index (κ3) is 4.22. The summed E-state index contributed by atoms with van der Waals surface area (Å²) >= 11 is 0. The normalized spacial score (nSPS) is 19.6. The van der Waals surface area contributed by atoms with E-state index in [1.807, 2.05) is 6.92 Å². The first kappa shape index (κ1) is 15.4. The van der Waals surface area contributed by atoms with Crippen molar-refractivity contribution in [2.45, 2.75) is 32.6 Å². The van der Waals surface area contributed by atoms with Crippen LogP contribution >= 0.6 is 0 Å². The summed E-state index contributed by atoms with van der Waals surface area (Å²) < 4.78 is 31.1. The molecule has 6 nitrogen and oxygen atoms in total. The first-order valence-corrected chi connectivity index (χ1v) is 7.92. The summed E-state index contributed by atoms with van der Waals surface area (Å²) in [6.45, 7) is 2.90. The van der Waals surface area contributed by atoms with Crippen molar-refractivity contribution in [3.8, 4) is 0 Å². The summed E-state index contributed by atoms with van der Waals surface area (Å²) in [4.78, 5) is 11.5. The number of sulfonamides is 1. The predicted octanol–water partition coefficient (Wildman–Crippen LogP) is -0.0120. The van der Waals surface area contributed by atoms with E-state index >= 15 is 0 Å². The van der Waals surface area contributed by atoms with Crippen molar-refractivity contribution in [1.82, 2.24) is 4.72 Å². The third-order valence-electron chi connectivity index (χ3n) is 3.37. The maximum Gasteiger partial charge on any atom is 0.225 e. The van der Waals surface area contributed by atoms with Gasteiger partial charge in [0.25, 0.3) is 0 Å². The molecule has 0 aliphatic carbocycles. The molecule has 18 heavy (non-hydrogen) atoms. The lowest BCUT2D eigenvalue weighted by atomic mass is 9.80. The molecule has 1 amide bonds. The Morgan fingerprint density at radius 1 is 1.39 bits per heavy atom. The van der Waals surface area contributed by atoms with Crippen LogP contribution in [0, 0.1) is 5.41 Å². The van der Waals surface area contributed by atoms with Crippen LogP contribution in [0.15, 0.2) is 0 Å². The number of nitrogens with two attached hydrogens (primary N) is 1. The zero-order valence-corrected chi connectivity index (χ0v) is 11.6. The fourth-order valence-corrected chi connectivity index (χ4v) is 3.24. The van der Waals surface area contributed by atoms with Crippen LogP contribution in [0.5, 0.6) is 0 Å². The molecule has 0 atom stereocenters. The molecule has 1 saturated heterocycles. The number of amides is 1. The molecule has 1 aliphatic rings. The number of unbranched alkanes of at least 4 members (excludes halogenated alkanes) is 1. The second kappa shape index (κ2) is 6.49. The molecule has 106 valence electrons. The smallest absolute Gasteiger partial charge is 0.225 e. The highest BCUT2D eigenvalue weighted by Gasteiger charge is 2.39. The Morgan fingerprint density at radius 2 is 2.00 bits per heavy atom. The van der Waals surface area contributed by atoms with E-state index in [2.05, 4.69) is 4.72 Å². The zero-order valence-electron chi connectivity index (χ0n) is 10.8. The number of primary amides is 1. The van der Waals surface area contributed by atoms with Gasteiger partial charge in [-0.3, -0.25) is 4.79 Å². The number of carbonyl (C=O) groups is 1. The minimum atomic E-state index is -3.31. The van der Waals surface area contributed by atoms with Gasteiger partial charge in [0.05, 0.1) is 11.2 Å². The van der Waals surface area contributed by atoms with Gasteiger partial charge in [-0.25, -0.2) is 13.1 Å². The molecule has 0 saturated carbocycles. The van der Waals surface area contributed by atoms with Crippen LogP contribution in [-0.2, 0) is 19.6 Å². The lowest BCUT2D eigenvalue weighted by Gasteiger charge is -2.34. The first-order valence-electron chi connectivity index (χ1n) is 6.27. The maximum atomic E-state index is 11.7. The molecule has 1 fully saturated rings. The van der Waals surface area contributed by atoms with Crippen LogP contribution in [0.4, 0.5) is 0 Å². The van der Waals surface area contributed by atoms with Gasteiger partial charge in [-0.2, -0.15) is 0 Å². The quantitative estimate of drug-likeness (QED) is 0.684. The summed E-state index contributed by atoms with van der Waals surface area (Å²) in [6.07, 6.45) is 2.37. The van der Waals surface area contributed by atoms with Crippen LogP contribution in [0.2, 0.25) is 0 Å². The molecule has 0 bridgehead atoms. The van der Waals surface area contributed by atoms with Gasteiger partial charge >= 0.3 is 0 Å². The van der Waals surface area contributed by atoms with Gasteiger partial charge in [0, 0.05) is 19.8 Å². The van der Waals surface area contributed by atoms with Gasteiger partial charge in [0.2, 0.25) is 15.9 Å². The van der Waals surface area contributed by atoms with E-state index in [9.17, 15) is 13.2 Å². The molecule has 1 aliphatic heterocycles. The van der Waals surface area contributed by atoms with Crippen molar-refractivity contribution >= 4 is 15.9 Å². The Bertz CT molecular complexity index is 375. The molecule has 0 aromatic rings. The Balaban J connectivity index is 2.60. The number of hydrogen-bond acceptors (Lipinski definition) is 4. The Morgan fingerprint density at radius 3 is 2.50 bits per heavy atom. The first-order chi connectivity index (χ1) is 8.42. The fraction of sp³-hybridized carbons (Fsp3) is 0.909. The monoisotopic (exact) mass is 278 g/mol. The van der Waals surface area contributed by atoms with Gasteiger partial charge in [0.15, 0.2) is 0 Å². The highest BCUT2D eigenvalue weighted by molar-refractivity contribution is 7.89. The Hall–Kier alpha value is -0.660. The fourth-order valence-electron chi connectivity index (χ4n) is 1.93. The molecule has 0 radical (unpaired) electrons. The molecule has 1 heterocycles. The van der Waals surface area contributed by atoms with Crippen molar-refractivity contribution in [2.24, 2.45) is 11.1 Å². The lowest BCUT2D eigenvalue weighted by molar-refractivity contribution is -0.132. The van der Waals surface area contributed by atoms with Crippen molar-refractivity contribution in [1.29, 1.82) is 0 Å². The van der Waals surface area contributed by atoms with Gasteiger partial charge in [-0.1, -0.05) is 13.3 Å². The van der Waals surface area contributed by atoms with Crippen molar-refractivity contribution in [3.63, 3.8) is 0 Å². The highest BCUT2D eigenvalue weighted by Crippen LogP contribution is 2.29. The van der Waals surface area contributed by atoms with Crippen molar-refractivity contribution in [3.05, 3.63) is 0 Å². The zero-order chi connectivity index (χ0) is 13.6. The van der Waals surface area contributed by atoms with Gasteiger partial charge in [-0.15, -0.1) is 0 Å². The van der Waals surface area contributed by atoms with E-state index in [4.69, 9.17) is 10.5 Å². The number of nitrogens with one attached hydrogen (secondary N) is 1. The molecular formula is C11H22N2O4S. The summed E-state index contributed by atoms with van der Waals surface area (Å²) in [7, 11) is -3.31.